The predicted molar refractivity (Wildman–Crippen MR) is 127 cm³/mol. The smallest absolute Gasteiger partial charge is 0.353 e. The number of anilines is 2. The van der Waals surface area contributed by atoms with Crippen LogP contribution in [-0.2, 0) is 6.18 Å². The largest absolute Gasteiger partial charge is 0.433 e. The Balaban J connectivity index is 1.44. The number of hydrogen-bond acceptors (Lipinski definition) is 5. The van der Waals surface area contributed by atoms with Crippen molar-refractivity contribution in [3.63, 3.8) is 0 Å². The van der Waals surface area contributed by atoms with Gasteiger partial charge in [-0.1, -0.05) is 30.3 Å². The minimum atomic E-state index is -4.55. The molecular formula is C24H20F3N5OS. The Labute approximate surface area is 197 Å². The lowest BCUT2D eigenvalue weighted by Gasteiger charge is -2.35. The molecule has 34 heavy (non-hydrogen) atoms. The first-order valence-electron chi connectivity index (χ1n) is 10.7. The van der Waals surface area contributed by atoms with Crippen LogP contribution >= 0.6 is 11.3 Å². The fraction of sp³-hybridized carbons (Fsp3) is 0.208. The zero-order valence-corrected chi connectivity index (χ0v) is 18.7. The number of aromatic nitrogens is 2. The number of rotatable bonds is 3. The van der Waals surface area contributed by atoms with Crippen LogP contribution in [-0.4, -0.2) is 47.1 Å². The van der Waals surface area contributed by atoms with E-state index in [-0.39, 0.29) is 11.5 Å². The van der Waals surface area contributed by atoms with E-state index in [4.69, 9.17) is 0 Å². The van der Waals surface area contributed by atoms with Crippen LogP contribution < -0.4 is 10.2 Å². The summed E-state index contributed by atoms with van der Waals surface area (Å²) < 4.78 is 40.3. The zero-order valence-electron chi connectivity index (χ0n) is 17.9. The summed E-state index contributed by atoms with van der Waals surface area (Å²) in [6.45, 7) is 1.95. The topological polar surface area (TPSA) is 61.4 Å². The fourth-order valence-electron chi connectivity index (χ4n) is 4.00. The summed E-state index contributed by atoms with van der Waals surface area (Å²) in [5.41, 5.74) is 0.598. The van der Waals surface area contributed by atoms with E-state index in [1.54, 1.807) is 11.1 Å². The van der Waals surface area contributed by atoms with Gasteiger partial charge in [-0.3, -0.25) is 5.32 Å². The molecule has 3 aromatic heterocycles. The third kappa shape index (κ3) is 4.41. The summed E-state index contributed by atoms with van der Waals surface area (Å²) in [4.78, 5) is 24.8. The predicted octanol–water partition coefficient (Wildman–Crippen LogP) is 5.73. The highest BCUT2D eigenvalue weighted by atomic mass is 32.1. The molecule has 0 aliphatic carbocycles. The molecule has 0 unspecified atom stereocenters. The molecule has 1 aliphatic heterocycles. The number of piperazine rings is 1. The molecule has 174 valence electrons. The number of amides is 2. The van der Waals surface area contributed by atoms with Gasteiger partial charge in [0, 0.05) is 43.3 Å². The molecule has 0 bridgehead atoms. The maximum absolute atomic E-state index is 13.4. The van der Waals surface area contributed by atoms with E-state index in [1.807, 2.05) is 52.7 Å². The Hall–Kier alpha value is -3.66. The van der Waals surface area contributed by atoms with Gasteiger partial charge in [0.2, 0.25) is 0 Å². The van der Waals surface area contributed by atoms with Crippen LogP contribution in [0.4, 0.5) is 28.8 Å². The third-order valence-electron chi connectivity index (χ3n) is 5.70. The van der Waals surface area contributed by atoms with Gasteiger partial charge in [-0.2, -0.15) is 13.2 Å². The molecule has 6 nitrogen and oxygen atoms in total. The quantitative estimate of drug-likeness (QED) is 0.404. The summed E-state index contributed by atoms with van der Waals surface area (Å²) in [6.07, 6.45) is -2.97. The van der Waals surface area contributed by atoms with Gasteiger partial charge in [-0.05, 0) is 35.2 Å². The van der Waals surface area contributed by atoms with Crippen molar-refractivity contribution in [1.82, 2.24) is 14.9 Å². The van der Waals surface area contributed by atoms with E-state index in [2.05, 4.69) is 15.3 Å². The molecule has 1 aliphatic rings. The number of pyridine rings is 2. The van der Waals surface area contributed by atoms with Crippen LogP contribution in [0.3, 0.4) is 0 Å². The molecule has 4 aromatic rings. The highest BCUT2D eigenvalue weighted by Crippen LogP contribution is 2.36. The highest BCUT2D eigenvalue weighted by molar-refractivity contribution is 7.14. The van der Waals surface area contributed by atoms with Crippen molar-refractivity contribution in [2.75, 3.05) is 36.4 Å². The molecule has 1 aromatic carbocycles. The number of carbonyl (C=O) groups excluding carboxylic acids is 1. The van der Waals surface area contributed by atoms with Crippen LogP contribution in [0.15, 0.2) is 66.2 Å². The molecule has 0 radical (unpaired) electrons. The maximum Gasteiger partial charge on any atom is 0.433 e. The van der Waals surface area contributed by atoms with Gasteiger partial charge in [0.1, 0.15) is 11.5 Å². The molecule has 0 saturated carbocycles. The average Bonchev–Trinajstić information content (AvgIpc) is 3.36. The number of alkyl halides is 3. The second-order valence-corrected chi connectivity index (χ2v) is 8.78. The number of halogens is 3. The summed E-state index contributed by atoms with van der Waals surface area (Å²) in [5, 5.41) is 6.09. The number of hydrogen-bond donors (Lipinski definition) is 1. The number of fused-ring (bicyclic) bond motifs is 1. The van der Waals surface area contributed by atoms with Gasteiger partial charge in [-0.15, -0.1) is 11.3 Å². The van der Waals surface area contributed by atoms with Gasteiger partial charge in [0.25, 0.3) is 0 Å². The molecule has 0 spiro atoms. The van der Waals surface area contributed by atoms with E-state index in [9.17, 15) is 18.0 Å². The molecule has 0 atom stereocenters. The molecule has 5 rings (SSSR count). The number of benzene rings is 1. The summed E-state index contributed by atoms with van der Waals surface area (Å²) in [7, 11) is 0. The first-order valence-corrected chi connectivity index (χ1v) is 11.5. The van der Waals surface area contributed by atoms with Crippen LogP contribution in [0.1, 0.15) is 5.69 Å². The number of carbonyl (C=O) groups is 1. The Morgan fingerprint density at radius 2 is 1.74 bits per heavy atom. The van der Waals surface area contributed by atoms with Crippen LogP contribution in [0, 0.1) is 0 Å². The van der Waals surface area contributed by atoms with Gasteiger partial charge >= 0.3 is 12.2 Å². The van der Waals surface area contributed by atoms with Crippen LogP contribution in [0.25, 0.3) is 22.0 Å². The maximum atomic E-state index is 13.4. The lowest BCUT2D eigenvalue weighted by Crippen LogP contribution is -2.50. The molecule has 4 heterocycles. The van der Waals surface area contributed by atoms with Gasteiger partial charge < -0.3 is 9.80 Å². The summed E-state index contributed by atoms with van der Waals surface area (Å²) >= 11 is 1.45. The van der Waals surface area contributed by atoms with Gasteiger partial charge in [0.05, 0.1) is 10.5 Å². The monoisotopic (exact) mass is 483 g/mol. The van der Waals surface area contributed by atoms with Gasteiger partial charge in [0.15, 0.2) is 0 Å². The van der Waals surface area contributed by atoms with Crippen molar-refractivity contribution in [2.45, 2.75) is 6.18 Å². The lowest BCUT2D eigenvalue weighted by atomic mass is 10.0. The minimum absolute atomic E-state index is 0.171. The fourth-order valence-corrected chi connectivity index (χ4v) is 4.60. The number of urea groups is 1. The Bertz CT molecular complexity index is 1300. The molecule has 1 fully saturated rings. The van der Waals surface area contributed by atoms with Crippen molar-refractivity contribution >= 4 is 39.1 Å². The minimum Gasteiger partial charge on any atom is -0.353 e. The van der Waals surface area contributed by atoms with E-state index in [0.717, 1.165) is 16.6 Å². The third-order valence-corrected chi connectivity index (χ3v) is 6.49. The summed E-state index contributed by atoms with van der Waals surface area (Å²) in [6, 6.07) is 15.1. The van der Waals surface area contributed by atoms with Crippen molar-refractivity contribution in [1.29, 1.82) is 0 Å². The second-order valence-electron chi connectivity index (χ2n) is 7.83. The molecule has 2 amide bonds. The van der Waals surface area contributed by atoms with Crippen molar-refractivity contribution in [2.24, 2.45) is 0 Å². The molecule has 1 N–H and O–H groups in total. The van der Waals surface area contributed by atoms with Gasteiger partial charge in [-0.25, -0.2) is 14.8 Å². The first-order chi connectivity index (χ1) is 16.4. The van der Waals surface area contributed by atoms with E-state index < -0.39 is 11.9 Å². The number of nitrogens with zero attached hydrogens (tertiary/aromatic N) is 4. The SMILES string of the molecule is O=C(Nc1cccs1)N1CCN(c2ncc(-c3ccccc3)c3nc(C(F)(F)F)ccc23)CC1. The van der Waals surface area contributed by atoms with Crippen LogP contribution in [0.5, 0.6) is 0 Å². The van der Waals surface area contributed by atoms with E-state index in [0.29, 0.717) is 42.9 Å². The Kier molecular flexibility index (Phi) is 5.82. The number of thiophene rings is 1. The summed E-state index contributed by atoms with van der Waals surface area (Å²) in [5.74, 6) is 0.564. The highest BCUT2D eigenvalue weighted by Gasteiger charge is 2.33. The molecule has 1 saturated heterocycles. The van der Waals surface area contributed by atoms with E-state index in [1.165, 1.54) is 17.4 Å². The van der Waals surface area contributed by atoms with E-state index >= 15 is 0 Å². The normalized spacial score (nSPS) is 14.4. The van der Waals surface area contributed by atoms with Crippen molar-refractivity contribution < 1.29 is 18.0 Å². The Morgan fingerprint density at radius 3 is 2.41 bits per heavy atom. The average molecular weight is 484 g/mol. The number of nitrogens with one attached hydrogen (secondary N) is 1. The lowest BCUT2D eigenvalue weighted by molar-refractivity contribution is -0.140. The second kappa shape index (κ2) is 8.94. The molecular weight excluding hydrogens is 463 g/mol. The van der Waals surface area contributed by atoms with Crippen molar-refractivity contribution in [3.05, 3.63) is 71.9 Å². The molecule has 10 heteroatoms. The van der Waals surface area contributed by atoms with Crippen LogP contribution in [0.2, 0.25) is 0 Å². The Morgan fingerprint density at radius 1 is 0.971 bits per heavy atom. The van der Waals surface area contributed by atoms with Crippen molar-refractivity contribution in [3.8, 4) is 11.1 Å². The standard InChI is InChI=1S/C24H20F3N5OS/c25-24(26,27)19-9-8-17-21(29-19)18(16-5-2-1-3-6-16)15-28-22(17)31-10-12-32(13-11-31)23(33)30-20-7-4-14-34-20/h1-9,14-15H,10-13H2,(H,30,33). The zero-order chi connectivity index (χ0) is 23.7. The first kappa shape index (κ1) is 22.1.